The fourth-order valence-electron chi connectivity index (χ4n) is 2.52. The lowest BCUT2D eigenvalue weighted by atomic mass is 9.71. The Morgan fingerprint density at radius 1 is 1.35 bits per heavy atom. The van der Waals surface area contributed by atoms with E-state index in [0.29, 0.717) is 12.8 Å². The molecule has 112 valence electrons. The van der Waals surface area contributed by atoms with E-state index in [1.165, 1.54) is 7.11 Å². The van der Waals surface area contributed by atoms with Crippen molar-refractivity contribution in [2.24, 2.45) is 0 Å². The third-order valence-corrected chi connectivity index (χ3v) is 4.62. The van der Waals surface area contributed by atoms with E-state index < -0.39 is 30.5 Å². The van der Waals surface area contributed by atoms with Crippen molar-refractivity contribution in [3.63, 3.8) is 0 Å². The summed E-state index contributed by atoms with van der Waals surface area (Å²) in [5, 5.41) is 11.0. The first-order chi connectivity index (χ1) is 9.18. The van der Waals surface area contributed by atoms with E-state index in [9.17, 15) is 10.1 Å². The van der Waals surface area contributed by atoms with Gasteiger partial charge >= 0.3 is 7.12 Å². The summed E-state index contributed by atoms with van der Waals surface area (Å²) in [6.45, 7) is 7.96. The van der Waals surface area contributed by atoms with Crippen LogP contribution in [0.4, 0.5) is 0 Å². The molecule has 6 nitrogen and oxygen atoms in total. The van der Waals surface area contributed by atoms with Gasteiger partial charge in [-0.3, -0.25) is 10.1 Å². The zero-order valence-electron chi connectivity index (χ0n) is 12.7. The van der Waals surface area contributed by atoms with Crippen LogP contribution in [0.25, 0.3) is 0 Å². The normalized spacial score (nSPS) is 32.0. The molecule has 0 spiro atoms. The van der Waals surface area contributed by atoms with Crippen LogP contribution in [0.3, 0.4) is 0 Å². The second-order valence-corrected chi connectivity index (χ2v) is 6.43. The van der Waals surface area contributed by atoms with E-state index in [1.807, 2.05) is 33.8 Å². The Morgan fingerprint density at radius 3 is 2.35 bits per heavy atom. The topological polar surface area (TPSA) is 70.8 Å². The maximum absolute atomic E-state index is 11.0. The first-order valence-corrected chi connectivity index (χ1v) is 6.89. The Morgan fingerprint density at radius 2 is 1.90 bits per heavy atom. The highest BCUT2D eigenvalue weighted by Gasteiger charge is 2.53. The van der Waals surface area contributed by atoms with Gasteiger partial charge in [0.25, 0.3) is 0 Å². The summed E-state index contributed by atoms with van der Waals surface area (Å²) in [7, 11) is 1.07. The Labute approximate surface area is 119 Å². The fraction of sp³-hybridized carbons (Fsp3) is 0.846. The van der Waals surface area contributed by atoms with Crippen LogP contribution in [-0.4, -0.2) is 42.5 Å². The summed E-state index contributed by atoms with van der Waals surface area (Å²) >= 11 is 0. The zero-order valence-corrected chi connectivity index (χ0v) is 12.7. The molecule has 2 rings (SSSR count). The van der Waals surface area contributed by atoms with Crippen molar-refractivity contribution in [3.8, 4) is 0 Å². The highest BCUT2D eigenvalue weighted by atomic mass is 16.7. The molecule has 1 heterocycles. The average Bonchev–Trinajstić information content (AvgIpc) is 2.57. The smallest absolute Gasteiger partial charge is 0.400 e. The highest BCUT2D eigenvalue weighted by Crippen LogP contribution is 2.40. The number of hydrogen-bond acceptors (Lipinski definition) is 5. The lowest BCUT2D eigenvalue weighted by Crippen LogP contribution is -2.41. The maximum atomic E-state index is 11.0. The average molecular weight is 283 g/mol. The number of hydrogen-bond donors (Lipinski definition) is 0. The molecule has 1 fully saturated rings. The molecule has 1 aliphatic carbocycles. The molecule has 20 heavy (non-hydrogen) atoms. The van der Waals surface area contributed by atoms with Crippen molar-refractivity contribution >= 4 is 7.12 Å². The lowest BCUT2D eigenvalue weighted by Gasteiger charge is -2.32. The van der Waals surface area contributed by atoms with Gasteiger partial charge in [0.15, 0.2) is 0 Å². The summed E-state index contributed by atoms with van der Waals surface area (Å²) in [4.78, 5) is 10.7. The molecule has 1 saturated heterocycles. The SMILES string of the molecule is CO[C@H]1CC(B2OC(C)(C)C(C)(C)O2)=CC[C@H]1[N+](=O)[O-]. The summed E-state index contributed by atoms with van der Waals surface area (Å²) < 4.78 is 17.2. The van der Waals surface area contributed by atoms with E-state index in [1.54, 1.807) is 0 Å². The van der Waals surface area contributed by atoms with Gasteiger partial charge in [0, 0.05) is 18.5 Å². The molecule has 7 heteroatoms. The number of rotatable bonds is 3. The Hall–Kier alpha value is -0.915. The van der Waals surface area contributed by atoms with Gasteiger partial charge in [-0.15, -0.1) is 0 Å². The molecule has 0 saturated carbocycles. The molecule has 0 aromatic rings. The van der Waals surface area contributed by atoms with Gasteiger partial charge in [-0.05, 0) is 39.6 Å². The standard InChI is InChI=1S/C13H22BNO5/c1-12(2)13(3,4)20-14(19-12)9-6-7-10(15(16)17)11(8-9)18-5/h6,10-11H,7-8H2,1-5H3/t10-,11+/m1/s1. The molecule has 0 bridgehead atoms. The van der Waals surface area contributed by atoms with E-state index in [-0.39, 0.29) is 4.92 Å². The monoisotopic (exact) mass is 283 g/mol. The third kappa shape index (κ3) is 2.62. The van der Waals surface area contributed by atoms with Crippen molar-refractivity contribution in [2.75, 3.05) is 7.11 Å². The molecule has 0 N–H and O–H groups in total. The lowest BCUT2D eigenvalue weighted by molar-refractivity contribution is -0.534. The Kier molecular flexibility index (Phi) is 3.97. The highest BCUT2D eigenvalue weighted by molar-refractivity contribution is 6.54. The number of nitro groups is 1. The van der Waals surface area contributed by atoms with Crippen molar-refractivity contribution in [2.45, 2.75) is 63.9 Å². The first-order valence-electron chi connectivity index (χ1n) is 6.89. The largest absolute Gasteiger partial charge is 0.490 e. The van der Waals surface area contributed by atoms with Gasteiger partial charge in [0.05, 0.1) is 11.2 Å². The van der Waals surface area contributed by atoms with Gasteiger partial charge in [-0.1, -0.05) is 6.08 Å². The van der Waals surface area contributed by atoms with Crippen molar-refractivity contribution < 1.29 is 19.0 Å². The Balaban J connectivity index is 2.14. The van der Waals surface area contributed by atoms with E-state index in [2.05, 4.69) is 0 Å². The second kappa shape index (κ2) is 5.13. The quantitative estimate of drug-likeness (QED) is 0.450. The van der Waals surface area contributed by atoms with Crippen molar-refractivity contribution in [1.29, 1.82) is 0 Å². The molecule has 2 atom stereocenters. The predicted octanol–water partition coefficient (Wildman–Crippen LogP) is 2.00. The van der Waals surface area contributed by atoms with Crippen LogP contribution in [0.2, 0.25) is 0 Å². The van der Waals surface area contributed by atoms with Crippen LogP contribution < -0.4 is 0 Å². The van der Waals surface area contributed by atoms with Gasteiger partial charge in [-0.25, -0.2) is 0 Å². The number of ether oxygens (including phenoxy) is 1. The van der Waals surface area contributed by atoms with Gasteiger partial charge in [-0.2, -0.15) is 0 Å². The van der Waals surface area contributed by atoms with Gasteiger partial charge in [0.2, 0.25) is 6.04 Å². The zero-order chi connectivity index (χ0) is 15.1. The number of nitrogens with zero attached hydrogens (tertiary/aromatic N) is 1. The van der Waals surface area contributed by atoms with Crippen LogP contribution in [0, 0.1) is 10.1 Å². The Bertz CT molecular complexity index is 418. The molecule has 0 radical (unpaired) electrons. The molecule has 1 aliphatic heterocycles. The van der Waals surface area contributed by atoms with Crippen LogP contribution in [-0.2, 0) is 14.0 Å². The van der Waals surface area contributed by atoms with E-state index >= 15 is 0 Å². The van der Waals surface area contributed by atoms with Crippen molar-refractivity contribution in [1.82, 2.24) is 0 Å². The molecule has 0 aromatic carbocycles. The summed E-state index contributed by atoms with van der Waals surface area (Å²) in [5.74, 6) is 0. The van der Waals surface area contributed by atoms with Gasteiger partial charge in [0.1, 0.15) is 6.10 Å². The third-order valence-electron chi connectivity index (χ3n) is 4.62. The predicted molar refractivity (Wildman–Crippen MR) is 75.0 cm³/mol. The molecular weight excluding hydrogens is 261 g/mol. The maximum Gasteiger partial charge on any atom is 0.490 e. The molecule has 2 aliphatic rings. The molecule has 0 amide bonds. The van der Waals surface area contributed by atoms with Crippen molar-refractivity contribution in [3.05, 3.63) is 21.7 Å². The summed E-state index contributed by atoms with van der Waals surface area (Å²) in [5.41, 5.74) is 0.135. The molecule has 0 unspecified atom stereocenters. The van der Waals surface area contributed by atoms with Crippen LogP contribution in [0.15, 0.2) is 11.5 Å². The first kappa shape index (κ1) is 15.5. The molecule has 0 aromatic heterocycles. The minimum Gasteiger partial charge on any atom is -0.400 e. The van der Waals surface area contributed by atoms with Crippen LogP contribution in [0.5, 0.6) is 0 Å². The minimum absolute atomic E-state index is 0.272. The fourth-order valence-corrected chi connectivity index (χ4v) is 2.52. The molecular formula is C13H22BNO5. The van der Waals surface area contributed by atoms with E-state index in [4.69, 9.17) is 14.0 Å². The second-order valence-electron chi connectivity index (χ2n) is 6.43. The summed E-state index contributed by atoms with van der Waals surface area (Å²) in [6, 6.07) is -0.689. The number of methoxy groups -OCH3 is 1. The minimum atomic E-state index is -0.689. The van der Waals surface area contributed by atoms with Crippen LogP contribution >= 0.6 is 0 Å². The van der Waals surface area contributed by atoms with Crippen LogP contribution in [0.1, 0.15) is 40.5 Å². The van der Waals surface area contributed by atoms with Gasteiger partial charge < -0.3 is 14.0 Å². The van der Waals surface area contributed by atoms with E-state index in [0.717, 1.165) is 5.47 Å². The summed E-state index contributed by atoms with van der Waals surface area (Å²) in [6.07, 6.45) is 2.26.